The monoisotopic (exact) mass is 288 g/mol. The smallest absolute Gasteiger partial charge is 0.114 e. The van der Waals surface area contributed by atoms with Gasteiger partial charge in [-0.1, -0.05) is 6.07 Å². The molecule has 1 fully saturated rings. The minimum absolute atomic E-state index is 0.157. The normalized spacial score (nSPS) is 26.9. The summed E-state index contributed by atoms with van der Waals surface area (Å²) in [6, 6.07) is 5.41. The number of hydrogen-bond acceptors (Lipinski definition) is 3. The third kappa shape index (κ3) is 2.99. The van der Waals surface area contributed by atoms with Crippen molar-refractivity contribution in [1.29, 1.82) is 0 Å². The molecule has 0 aromatic carbocycles. The number of aliphatic hydroxyl groups excluding tert-OH is 1. The van der Waals surface area contributed by atoms with Crippen LogP contribution in [-0.4, -0.2) is 35.0 Å². The van der Waals surface area contributed by atoms with Crippen LogP contribution in [0, 0.1) is 0 Å². The first kappa shape index (κ1) is 12.0. The minimum Gasteiger partial charge on any atom is -0.391 e. The Morgan fingerprint density at radius 2 is 2.44 bits per heavy atom. The molecule has 1 unspecified atom stereocenters. The molecule has 0 aliphatic carbocycles. The summed E-state index contributed by atoms with van der Waals surface area (Å²) in [6.45, 7) is 0.341. The predicted octanol–water partition coefficient (Wildman–Crippen LogP) is 1.45. The van der Waals surface area contributed by atoms with Crippen molar-refractivity contribution in [2.24, 2.45) is 0 Å². The number of halogens is 2. The molecular weight excluding hydrogens is 275 g/mol. The van der Waals surface area contributed by atoms with Gasteiger partial charge in [0.1, 0.15) is 10.8 Å². The highest BCUT2D eigenvalue weighted by Gasteiger charge is 2.29. The van der Waals surface area contributed by atoms with Gasteiger partial charge in [0.05, 0.1) is 6.10 Å². The van der Waals surface area contributed by atoms with E-state index in [4.69, 9.17) is 0 Å². The summed E-state index contributed by atoms with van der Waals surface area (Å²) in [4.78, 5) is 4.24. The molecule has 1 aromatic heterocycles. The van der Waals surface area contributed by atoms with E-state index in [2.05, 4.69) is 26.2 Å². The van der Waals surface area contributed by atoms with Gasteiger partial charge in [0.2, 0.25) is 0 Å². The van der Waals surface area contributed by atoms with E-state index in [1.807, 2.05) is 18.2 Å². The molecule has 2 rings (SSSR count). The Balaban J connectivity index is 1.94. The Kier molecular flexibility index (Phi) is 3.89. The Bertz CT molecular complexity index is 364. The summed E-state index contributed by atoms with van der Waals surface area (Å²) in [6.07, 6.45) is -0.586. The topological polar surface area (TPSA) is 45.2 Å². The molecule has 0 spiro atoms. The van der Waals surface area contributed by atoms with Crippen LogP contribution < -0.4 is 5.32 Å². The molecule has 1 aromatic rings. The SMILES string of the molecule is OC(Cc1cccc(Br)n1)[C@@H]1C[C@@H](F)CN1. The fraction of sp³-hybridized carbons (Fsp3) is 0.545. The number of aliphatic hydroxyl groups is 1. The fourth-order valence-corrected chi connectivity index (χ4v) is 2.32. The van der Waals surface area contributed by atoms with Gasteiger partial charge >= 0.3 is 0 Å². The van der Waals surface area contributed by atoms with Gasteiger partial charge in [0.25, 0.3) is 0 Å². The molecule has 3 atom stereocenters. The highest BCUT2D eigenvalue weighted by molar-refractivity contribution is 9.10. The van der Waals surface area contributed by atoms with Crippen molar-refractivity contribution in [3.63, 3.8) is 0 Å². The second kappa shape index (κ2) is 5.21. The predicted molar refractivity (Wildman–Crippen MR) is 63.0 cm³/mol. The number of pyridine rings is 1. The van der Waals surface area contributed by atoms with Crippen molar-refractivity contribution < 1.29 is 9.50 Å². The van der Waals surface area contributed by atoms with Gasteiger partial charge in [0, 0.05) is 24.7 Å². The Labute approximate surface area is 102 Å². The van der Waals surface area contributed by atoms with Crippen LogP contribution in [0.5, 0.6) is 0 Å². The lowest BCUT2D eigenvalue weighted by Crippen LogP contribution is -2.36. The van der Waals surface area contributed by atoms with Gasteiger partial charge < -0.3 is 10.4 Å². The van der Waals surface area contributed by atoms with Crippen LogP contribution in [0.2, 0.25) is 0 Å². The highest BCUT2D eigenvalue weighted by atomic mass is 79.9. The first-order valence-electron chi connectivity index (χ1n) is 5.32. The van der Waals surface area contributed by atoms with Crippen molar-refractivity contribution in [3.8, 4) is 0 Å². The van der Waals surface area contributed by atoms with Gasteiger partial charge in [-0.2, -0.15) is 0 Å². The number of hydrogen-bond donors (Lipinski definition) is 2. The molecule has 16 heavy (non-hydrogen) atoms. The maximum absolute atomic E-state index is 12.9. The molecule has 1 saturated heterocycles. The van der Waals surface area contributed by atoms with Crippen LogP contribution in [0.1, 0.15) is 12.1 Å². The van der Waals surface area contributed by atoms with Crippen molar-refractivity contribution in [2.45, 2.75) is 31.2 Å². The van der Waals surface area contributed by atoms with E-state index < -0.39 is 12.3 Å². The molecule has 1 aliphatic heterocycles. The zero-order chi connectivity index (χ0) is 11.5. The van der Waals surface area contributed by atoms with E-state index in [0.717, 1.165) is 10.3 Å². The first-order valence-corrected chi connectivity index (χ1v) is 6.11. The number of rotatable bonds is 3. The number of alkyl halides is 1. The van der Waals surface area contributed by atoms with E-state index in [9.17, 15) is 9.50 Å². The lowest BCUT2D eigenvalue weighted by atomic mass is 10.0. The summed E-state index contributed by atoms with van der Waals surface area (Å²) in [7, 11) is 0. The maximum Gasteiger partial charge on any atom is 0.114 e. The Hall–Kier alpha value is -0.520. The van der Waals surface area contributed by atoms with Gasteiger partial charge in [-0.05, 0) is 34.5 Å². The van der Waals surface area contributed by atoms with Gasteiger partial charge in [-0.25, -0.2) is 9.37 Å². The third-order valence-electron chi connectivity index (χ3n) is 2.77. The van der Waals surface area contributed by atoms with E-state index >= 15 is 0 Å². The molecule has 0 bridgehead atoms. The standard InChI is InChI=1S/C11H14BrFN2O/c12-11-3-1-2-8(15-11)5-10(16)9-4-7(13)6-14-9/h1-3,7,9-10,14,16H,4-6H2/t7-,9+,10?/m1/s1. The van der Waals surface area contributed by atoms with E-state index in [1.165, 1.54) is 0 Å². The first-order chi connectivity index (χ1) is 7.65. The van der Waals surface area contributed by atoms with Crippen molar-refractivity contribution >= 4 is 15.9 Å². The lowest BCUT2D eigenvalue weighted by Gasteiger charge is -2.17. The maximum atomic E-state index is 12.9. The van der Waals surface area contributed by atoms with Crippen LogP contribution in [-0.2, 0) is 6.42 Å². The van der Waals surface area contributed by atoms with E-state index in [0.29, 0.717) is 19.4 Å². The average molecular weight is 289 g/mol. The second-order valence-electron chi connectivity index (χ2n) is 4.07. The van der Waals surface area contributed by atoms with E-state index in [-0.39, 0.29) is 6.04 Å². The summed E-state index contributed by atoms with van der Waals surface area (Å²) >= 11 is 3.28. The number of nitrogens with one attached hydrogen (secondary N) is 1. The second-order valence-corrected chi connectivity index (χ2v) is 4.88. The van der Waals surface area contributed by atoms with Crippen molar-refractivity contribution in [3.05, 3.63) is 28.5 Å². The zero-order valence-electron chi connectivity index (χ0n) is 8.74. The van der Waals surface area contributed by atoms with Gasteiger partial charge in [0.15, 0.2) is 0 Å². The minimum atomic E-state index is -0.838. The summed E-state index contributed by atoms with van der Waals surface area (Å²) in [5.41, 5.74) is 0.811. The van der Waals surface area contributed by atoms with Crippen LogP contribution in [0.4, 0.5) is 4.39 Å². The molecule has 0 amide bonds. The summed E-state index contributed by atoms with van der Waals surface area (Å²) in [5.74, 6) is 0. The average Bonchev–Trinajstić information content (AvgIpc) is 2.65. The molecule has 0 saturated carbocycles. The zero-order valence-corrected chi connectivity index (χ0v) is 10.3. The van der Waals surface area contributed by atoms with E-state index in [1.54, 1.807) is 0 Å². The van der Waals surface area contributed by atoms with Crippen molar-refractivity contribution in [1.82, 2.24) is 10.3 Å². The Morgan fingerprint density at radius 3 is 3.06 bits per heavy atom. The number of aromatic nitrogens is 1. The lowest BCUT2D eigenvalue weighted by molar-refractivity contribution is 0.132. The van der Waals surface area contributed by atoms with Crippen LogP contribution >= 0.6 is 15.9 Å². The number of nitrogens with zero attached hydrogens (tertiary/aromatic N) is 1. The molecule has 0 radical (unpaired) electrons. The fourth-order valence-electron chi connectivity index (χ4n) is 1.94. The molecule has 2 heterocycles. The quantitative estimate of drug-likeness (QED) is 0.828. The molecule has 88 valence electrons. The molecule has 1 aliphatic rings. The molecule has 5 heteroatoms. The molecule has 2 N–H and O–H groups in total. The van der Waals surface area contributed by atoms with Gasteiger partial charge in [-0.3, -0.25) is 0 Å². The van der Waals surface area contributed by atoms with Crippen LogP contribution in [0.25, 0.3) is 0 Å². The van der Waals surface area contributed by atoms with Gasteiger partial charge in [-0.15, -0.1) is 0 Å². The summed E-state index contributed by atoms with van der Waals surface area (Å²) < 4.78 is 13.7. The van der Waals surface area contributed by atoms with Crippen molar-refractivity contribution in [2.75, 3.05) is 6.54 Å². The highest BCUT2D eigenvalue weighted by Crippen LogP contribution is 2.16. The molecule has 3 nitrogen and oxygen atoms in total. The van der Waals surface area contributed by atoms with Crippen LogP contribution in [0.3, 0.4) is 0 Å². The molecular formula is C11H14BrFN2O. The summed E-state index contributed by atoms with van der Waals surface area (Å²) in [5, 5.41) is 12.9. The van der Waals surface area contributed by atoms with Crippen LogP contribution in [0.15, 0.2) is 22.8 Å². The Morgan fingerprint density at radius 1 is 1.62 bits per heavy atom. The third-order valence-corrected chi connectivity index (χ3v) is 3.21. The largest absolute Gasteiger partial charge is 0.391 e.